The Morgan fingerprint density at radius 1 is 0.600 bits per heavy atom. The fraction of sp³-hybridized carbons (Fsp3) is 0.850. The van der Waals surface area contributed by atoms with Crippen molar-refractivity contribution in [3.05, 3.63) is 0 Å². The van der Waals surface area contributed by atoms with Crippen LogP contribution in [0.4, 0.5) is 0 Å². The lowest BCUT2D eigenvalue weighted by Gasteiger charge is -2.25. The Kier molecular flexibility index (Phi) is 15.8. The van der Waals surface area contributed by atoms with Gasteiger partial charge in [-0.1, -0.05) is 61.6 Å². The summed E-state index contributed by atoms with van der Waals surface area (Å²) in [6, 6.07) is 0. The van der Waals surface area contributed by atoms with E-state index in [2.05, 4.69) is 68.6 Å². The van der Waals surface area contributed by atoms with E-state index in [0.717, 1.165) is 0 Å². The molecule has 10 heteroatoms. The number of carbonyl (C=O) groups excluding carboxylic acids is 3. The molecule has 0 bridgehead atoms. The molecule has 0 rings (SSSR count). The van der Waals surface area contributed by atoms with Crippen LogP contribution in [-0.4, -0.2) is 74.9 Å². The van der Waals surface area contributed by atoms with Crippen molar-refractivity contribution in [1.82, 2.24) is 20.9 Å². The van der Waals surface area contributed by atoms with Crippen molar-refractivity contribution in [3.63, 3.8) is 0 Å². The van der Waals surface area contributed by atoms with Crippen molar-refractivity contribution < 1.29 is 14.4 Å². The Labute approximate surface area is 207 Å². The third-order valence-corrected chi connectivity index (χ3v) is 4.84. The van der Waals surface area contributed by atoms with Gasteiger partial charge in [-0.25, -0.2) is 0 Å². The van der Waals surface area contributed by atoms with Gasteiger partial charge in [0.2, 0.25) is 17.7 Å². The van der Waals surface area contributed by atoms with Crippen LogP contribution in [0, 0.1) is 0 Å². The fourth-order valence-electron chi connectivity index (χ4n) is 1.95. The number of carbonyl (C=O) groups is 3. The molecule has 0 aliphatic carbocycles. The summed E-state index contributed by atoms with van der Waals surface area (Å²) in [5.74, 6) is -0.261. The Balaban J connectivity index is 0. The molecule has 0 spiro atoms. The largest absolute Gasteiger partial charge is 0.354 e. The summed E-state index contributed by atoms with van der Waals surface area (Å²) in [5.41, 5.74) is 0. The van der Waals surface area contributed by atoms with Crippen LogP contribution in [0.15, 0.2) is 0 Å². The minimum absolute atomic E-state index is 0.0869. The van der Waals surface area contributed by atoms with E-state index >= 15 is 0 Å². The number of hydrogen-bond donors (Lipinski definition) is 3. The number of hydrogen-bond acceptors (Lipinski definition) is 4. The lowest BCUT2D eigenvalue weighted by Crippen LogP contribution is -2.47. The van der Waals surface area contributed by atoms with Gasteiger partial charge >= 0.3 is 0 Å². The highest BCUT2D eigenvalue weighted by atomic mass is 79.9. The number of nitrogens with zero attached hydrogens (tertiary/aromatic N) is 1. The first-order valence-corrected chi connectivity index (χ1v) is 12.6. The predicted molar refractivity (Wildman–Crippen MR) is 136 cm³/mol. The van der Waals surface area contributed by atoms with Gasteiger partial charge in [0, 0.05) is 39.3 Å². The molecular formula is C20H39Br3N4O3. The average Bonchev–Trinajstić information content (AvgIpc) is 2.60. The van der Waals surface area contributed by atoms with Crippen LogP contribution >= 0.6 is 47.8 Å². The smallest absolute Gasteiger partial charge is 0.236 e. The molecule has 0 aliphatic rings. The topological polar surface area (TPSA) is 90.5 Å². The third-order valence-electron chi connectivity index (χ3n) is 3.76. The first kappa shape index (κ1) is 32.0. The van der Waals surface area contributed by atoms with E-state index in [1.54, 1.807) is 41.5 Å². The van der Waals surface area contributed by atoms with E-state index in [9.17, 15) is 14.4 Å². The number of halogens is 3. The van der Waals surface area contributed by atoms with Crippen LogP contribution in [0.1, 0.15) is 55.4 Å². The highest BCUT2D eigenvalue weighted by molar-refractivity contribution is 9.10. The summed E-state index contributed by atoms with van der Waals surface area (Å²) in [5, 5.41) is 8.65. The first-order valence-electron chi connectivity index (χ1n) is 10.2. The molecule has 178 valence electrons. The summed E-state index contributed by atoms with van der Waals surface area (Å²) in [6.07, 6.45) is 0. The molecule has 0 atom stereocenters. The zero-order chi connectivity index (χ0) is 24.2. The van der Waals surface area contributed by atoms with Gasteiger partial charge in [-0.05, 0) is 41.5 Å². The van der Waals surface area contributed by atoms with Crippen molar-refractivity contribution in [2.45, 2.75) is 68.4 Å². The predicted octanol–water partition coefficient (Wildman–Crippen LogP) is 3.18. The molecule has 0 heterocycles. The molecule has 0 aliphatic heterocycles. The Morgan fingerprint density at radius 2 is 0.800 bits per heavy atom. The van der Waals surface area contributed by atoms with Gasteiger partial charge in [0.1, 0.15) is 0 Å². The van der Waals surface area contributed by atoms with E-state index in [4.69, 9.17) is 0 Å². The molecule has 0 radical (unpaired) electrons. The Bertz CT molecular complexity index is 463. The Morgan fingerprint density at radius 3 is 0.967 bits per heavy atom. The number of amides is 3. The standard InChI is InChI=1S/C18H33Br3N4O3.C2H6/c1-16(2,19)13(26)22-7-10-25(11-8-23-14(27)17(3,4)20)12-9-24-15(28)18(5,6)21;1-2/h7-12H2,1-6H3,(H,22,26)(H,23,27)(H,24,28);1-2H3. The maximum Gasteiger partial charge on any atom is 0.236 e. The minimum Gasteiger partial charge on any atom is -0.354 e. The van der Waals surface area contributed by atoms with Crippen molar-refractivity contribution in [2.75, 3.05) is 39.3 Å². The second-order valence-corrected chi connectivity index (χ2v) is 14.0. The third kappa shape index (κ3) is 15.6. The van der Waals surface area contributed by atoms with Crippen molar-refractivity contribution in [2.24, 2.45) is 0 Å². The normalized spacial score (nSPS) is 12.0. The van der Waals surface area contributed by atoms with E-state index in [1.165, 1.54) is 0 Å². The SMILES string of the molecule is CC.CC(C)(Br)C(=O)NCCN(CCNC(=O)C(C)(C)Br)CCNC(=O)C(C)(C)Br. The quantitative estimate of drug-likeness (QED) is 0.292. The summed E-state index contributed by atoms with van der Waals surface area (Å²) < 4.78 is -1.87. The van der Waals surface area contributed by atoms with Gasteiger partial charge in [-0.15, -0.1) is 0 Å². The zero-order valence-corrected chi connectivity index (χ0v) is 24.3. The molecule has 0 aromatic rings. The van der Waals surface area contributed by atoms with Crippen LogP contribution in [0.3, 0.4) is 0 Å². The lowest BCUT2D eigenvalue weighted by atomic mass is 10.2. The number of alkyl halides is 3. The molecular weight excluding hydrogens is 584 g/mol. The first-order chi connectivity index (χ1) is 13.5. The fourth-order valence-corrected chi connectivity index (χ4v) is 2.37. The second-order valence-electron chi connectivity index (χ2n) is 8.03. The Hall–Kier alpha value is -0.190. The van der Waals surface area contributed by atoms with Crippen LogP contribution in [0.5, 0.6) is 0 Å². The van der Waals surface area contributed by atoms with E-state index in [0.29, 0.717) is 39.3 Å². The van der Waals surface area contributed by atoms with Gasteiger partial charge in [0.05, 0.1) is 13.0 Å². The van der Waals surface area contributed by atoms with Gasteiger partial charge in [0.15, 0.2) is 0 Å². The monoisotopic (exact) mass is 620 g/mol. The van der Waals surface area contributed by atoms with Crippen molar-refractivity contribution in [3.8, 4) is 0 Å². The summed E-state index contributed by atoms with van der Waals surface area (Å²) in [6.45, 7) is 18.0. The highest BCUT2D eigenvalue weighted by Gasteiger charge is 2.25. The molecule has 0 aromatic heterocycles. The van der Waals surface area contributed by atoms with E-state index < -0.39 is 13.0 Å². The summed E-state index contributed by atoms with van der Waals surface area (Å²) in [7, 11) is 0. The minimum atomic E-state index is -0.622. The molecule has 0 saturated carbocycles. The molecule has 3 N–H and O–H groups in total. The van der Waals surface area contributed by atoms with Crippen molar-refractivity contribution >= 4 is 65.5 Å². The van der Waals surface area contributed by atoms with Gasteiger partial charge in [-0.3, -0.25) is 19.3 Å². The molecule has 30 heavy (non-hydrogen) atoms. The van der Waals surface area contributed by atoms with Crippen LogP contribution in [0.2, 0.25) is 0 Å². The van der Waals surface area contributed by atoms with Gasteiger partial charge in [0.25, 0.3) is 0 Å². The molecule has 0 fully saturated rings. The highest BCUT2D eigenvalue weighted by Crippen LogP contribution is 2.16. The lowest BCUT2D eigenvalue weighted by molar-refractivity contribution is -0.123. The van der Waals surface area contributed by atoms with E-state index in [-0.39, 0.29) is 17.7 Å². The van der Waals surface area contributed by atoms with Gasteiger partial charge in [-0.2, -0.15) is 0 Å². The van der Waals surface area contributed by atoms with Crippen LogP contribution < -0.4 is 16.0 Å². The maximum absolute atomic E-state index is 12.0. The second kappa shape index (κ2) is 14.8. The van der Waals surface area contributed by atoms with Crippen molar-refractivity contribution in [1.29, 1.82) is 0 Å². The summed E-state index contributed by atoms with van der Waals surface area (Å²) >= 11 is 10.0. The molecule has 7 nitrogen and oxygen atoms in total. The van der Waals surface area contributed by atoms with Crippen LogP contribution in [0.25, 0.3) is 0 Å². The molecule has 3 amide bonds. The number of nitrogens with one attached hydrogen (secondary N) is 3. The molecule has 0 unspecified atom stereocenters. The summed E-state index contributed by atoms with van der Waals surface area (Å²) in [4.78, 5) is 38.0. The zero-order valence-electron chi connectivity index (χ0n) is 19.5. The maximum atomic E-state index is 12.0. The number of rotatable bonds is 12. The van der Waals surface area contributed by atoms with Gasteiger partial charge < -0.3 is 16.0 Å². The average molecular weight is 623 g/mol. The molecule has 0 saturated heterocycles. The van der Waals surface area contributed by atoms with Crippen LogP contribution in [-0.2, 0) is 14.4 Å². The molecule has 0 aromatic carbocycles. The van der Waals surface area contributed by atoms with E-state index in [1.807, 2.05) is 13.8 Å².